The van der Waals surface area contributed by atoms with Gasteiger partial charge in [-0.25, -0.2) is 0 Å². The van der Waals surface area contributed by atoms with E-state index in [1.54, 1.807) is 4.90 Å². The Morgan fingerprint density at radius 2 is 1.90 bits per heavy atom. The summed E-state index contributed by atoms with van der Waals surface area (Å²) >= 11 is 0. The molecule has 0 bridgehead atoms. The number of rotatable bonds is 10. The van der Waals surface area contributed by atoms with Gasteiger partial charge in [0.15, 0.2) is 0 Å². The fourth-order valence-electron chi connectivity index (χ4n) is 2.47. The number of hydrogen-bond donors (Lipinski definition) is 2. The van der Waals surface area contributed by atoms with Gasteiger partial charge in [-0.15, -0.1) is 0 Å². The van der Waals surface area contributed by atoms with Gasteiger partial charge in [-0.05, 0) is 45.7 Å². The molecule has 4 atom stereocenters. The molecule has 0 spiro atoms. The first kappa shape index (κ1) is 19.3. The monoisotopic (exact) mass is 284 g/mol. The lowest BCUT2D eigenvalue weighted by molar-refractivity contribution is -0.119. The van der Waals surface area contributed by atoms with Gasteiger partial charge in [-0.3, -0.25) is 4.90 Å². The molecule has 0 aliphatic heterocycles. The van der Waals surface area contributed by atoms with E-state index in [1.165, 1.54) is 0 Å². The molecule has 0 radical (unpaired) electrons. The highest BCUT2D eigenvalue weighted by Crippen LogP contribution is 2.17. The topological polar surface area (TPSA) is 52.6 Å². The number of hydrogen-bond acceptors (Lipinski definition) is 4. The van der Waals surface area contributed by atoms with Crippen LogP contribution < -0.4 is 5.32 Å². The zero-order chi connectivity index (χ0) is 15.7. The first-order valence-corrected chi connectivity index (χ1v) is 7.52. The van der Waals surface area contributed by atoms with Crippen molar-refractivity contribution in [2.45, 2.75) is 58.8 Å². The molecule has 0 aliphatic rings. The molecule has 0 aliphatic carbocycles. The summed E-state index contributed by atoms with van der Waals surface area (Å²) in [6.07, 6.45) is 6.15. The summed E-state index contributed by atoms with van der Waals surface area (Å²) in [5.41, 5.74) is 0. The SMILES string of the molecule is C/C=C/C[C@@H](C)CC(C=O)N(C)C(O)[C@@H](NC)C(C)C. The lowest BCUT2D eigenvalue weighted by atomic mass is 9.96. The summed E-state index contributed by atoms with van der Waals surface area (Å²) in [7, 11) is 3.66. The van der Waals surface area contributed by atoms with Crippen LogP contribution in [0.4, 0.5) is 0 Å². The minimum absolute atomic E-state index is 0.0479. The van der Waals surface area contributed by atoms with Gasteiger partial charge in [-0.1, -0.05) is 32.9 Å². The maximum atomic E-state index is 11.3. The summed E-state index contributed by atoms with van der Waals surface area (Å²) in [6, 6.07) is -0.298. The minimum atomic E-state index is -0.663. The highest BCUT2D eigenvalue weighted by molar-refractivity contribution is 5.57. The molecule has 0 aromatic heterocycles. The maximum absolute atomic E-state index is 11.3. The molecular formula is C16H32N2O2. The van der Waals surface area contributed by atoms with E-state index in [0.717, 1.165) is 19.1 Å². The lowest BCUT2D eigenvalue weighted by Crippen LogP contribution is -2.54. The molecule has 20 heavy (non-hydrogen) atoms. The van der Waals surface area contributed by atoms with E-state index in [4.69, 9.17) is 0 Å². The fraction of sp³-hybridized carbons (Fsp3) is 0.812. The van der Waals surface area contributed by atoms with Crippen molar-refractivity contribution in [1.82, 2.24) is 10.2 Å². The van der Waals surface area contributed by atoms with E-state index in [2.05, 4.69) is 32.2 Å². The van der Waals surface area contributed by atoms with Crippen molar-refractivity contribution in [2.24, 2.45) is 11.8 Å². The molecule has 2 unspecified atom stereocenters. The second kappa shape index (κ2) is 10.1. The van der Waals surface area contributed by atoms with Crippen molar-refractivity contribution < 1.29 is 9.90 Å². The molecular weight excluding hydrogens is 252 g/mol. The average Bonchev–Trinajstić information content (AvgIpc) is 2.41. The van der Waals surface area contributed by atoms with Gasteiger partial charge in [0, 0.05) is 6.04 Å². The van der Waals surface area contributed by atoms with E-state index in [9.17, 15) is 9.90 Å². The largest absolute Gasteiger partial charge is 0.377 e. The van der Waals surface area contributed by atoms with Gasteiger partial charge >= 0.3 is 0 Å². The van der Waals surface area contributed by atoms with E-state index in [1.807, 2.05) is 27.1 Å². The van der Waals surface area contributed by atoms with Gasteiger partial charge in [0.25, 0.3) is 0 Å². The standard InChI is InChI=1S/C16H32N2O2/c1-7-8-9-13(4)10-14(11-19)18(6)16(20)15(17-5)12(2)3/h7-8,11-17,20H,9-10H2,1-6H3/b8-7+/t13-,14?,15+,16?/m1/s1. The number of aliphatic hydroxyl groups excluding tert-OH is 1. The quantitative estimate of drug-likeness (QED) is 0.366. The highest BCUT2D eigenvalue weighted by Gasteiger charge is 2.29. The summed E-state index contributed by atoms with van der Waals surface area (Å²) in [5.74, 6) is 0.716. The Hall–Kier alpha value is -0.710. The zero-order valence-electron chi connectivity index (χ0n) is 13.8. The summed E-state index contributed by atoms with van der Waals surface area (Å²) in [5, 5.41) is 13.6. The second-order valence-corrected chi connectivity index (χ2v) is 5.99. The Morgan fingerprint density at radius 1 is 1.30 bits per heavy atom. The Bertz CT molecular complexity index is 292. The molecule has 2 N–H and O–H groups in total. The van der Waals surface area contributed by atoms with Crippen LogP contribution in [0.2, 0.25) is 0 Å². The van der Waals surface area contributed by atoms with Gasteiger partial charge in [0.2, 0.25) is 0 Å². The van der Waals surface area contributed by atoms with E-state index in [0.29, 0.717) is 11.8 Å². The molecule has 0 heterocycles. The number of carbonyl (C=O) groups excluding carboxylic acids is 1. The summed E-state index contributed by atoms with van der Waals surface area (Å²) < 4.78 is 0. The molecule has 4 heteroatoms. The molecule has 0 saturated heterocycles. The third-order valence-corrected chi connectivity index (χ3v) is 3.89. The van der Waals surface area contributed by atoms with Crippen LogP contribution in [0.5, 0.6) is 0 Å². The average molecular weight is 284 g/mol. The normalized spacial score (nSPS) is 18.4. The van der Waals surface area contributed by atoms with Gasteiger partial charge < -0.3 is 15.2 Å². The van der Waals surface area contributed by atoms with Gasteiger partial charge in [0.05, 0.1) is 6.04 Å². The Morgan fingerprint density at radius 3 is 2.30 bits per heavy atom. The first-order valence-electron chi connectivity index (χ1n) is 7.52. The molecule has 118 valence electrons. The van der Waals surface area contributed by atoms with Crippen LogP contribution >= 0.6 is 0 Å². The molecule has 0 rings (SSSR count). The summed E-state index contributed by atoms with van der Waals surface area (Å²) in [4.78, 5) is 13.1. The molecule has 0 amide bonds. The number of nitrogens with zero attached hydrogens (tertiary/aromatic N) is 1. The lowest BCUT2D eigenvalue weighted by Gasteiger charge is -2.36. The van der Waals surface area contributed by atoms with Crippen LogP contribution in [0.1, 0.15) is 40.5 Å². The Kier molecular flexibility index (Phi) is 9.72. The van der Waals surface area contributed by atoms with Gasteiger partial charge in [-0.2, -0.15) is 0 Å². The molecule has 0 saturated carbocycles. The molecule has 0 fully saturated rings. The van der Waals surface area contributed by atoms with Crippen molar-refractivity contribution in [3.8, 4) is 0 Å². The van der Waals surface area contributed by atoms with E-state index in [-0.39, 0.29) is 12.1 Å². The number of allylic oxidation sites excluding steroid dienone is 2. The van der Waals surface area contributed by atoms with Crippen molar-refractivity contribution in [2.75, 3.05) is 14.1 Å². The van der Waals surface area contributed by atoms with Crippen LogP contribution in [-0.2, 0) is 4.79 Å². The predicted octanol–water partition coefficient (Wildman–Crippen LogP) is 2.04. The third-order valence-electron chi connectivity index (χ3n) is 3.89. The minimum Gasteiger partial charge on any atom is -0.377 e. The number of carbonyl (C=O) groups is 1. The van der Waals surface area contributed by atoms with Crippen molar-refractivity contribution in [3.05, 3.63) is 12.2 Å². The second-order valence-electron chi connectivity index (χ2n) is 5.99. The van der Waals surface area contributed by atoms with Crippen LogP contribution in [0.25, 0.3) is 0 Å². The predicted molar refractivity (Wildman–Crippen MR) is 84.5 cm³/mol. The van der Waals surface area contributed by atoms with E-state index < -0.39 is 6.23 Å². The molecule has 0 aromatic carbocycles. The third kappa shape index (κ3) is 6.16. The number of aldehydes is 1. The first-order chi connectivity index (χ1) is 9.38. The molecule has 4 nitrogen and oxygen atoms in total. The summed E-state index contributed by atoms with van der Waals surface area (Å²) in [6.45, 7) is 8.25. The van der Waals surface area contributed by atoms with Crippen molar-refractivity contribution in [1.29, 1.82) is 0 Å². The van der Waals surface area contributed by atoms with Crippen molar-refractivity contribution >= 4 is 6.29 Å². The Balaban J connectivity index is 4.66. The Labute approximate surface area is 124 Å². The maximum Gasteiger partial charge on any atom is 0.137 e. The highest BCUT2D eigenvalue weighted by atomic mass is 16.3. The number of aliphatic hydroxyl groups is 1. The van der Waals surface area contributed by atoms with Gasteiger partial charge in [0.1, 0.15) is 12.5 Å². The smallest absolute Gasteiger partial charge is 0.137 e. The van der Waals surface area contributed by atoms with Crippen LogP contribution in [0.3, 0.4) is 0 Å². The number of nitrogens with one attached hydrogen (secondary N) is 1. The van der Waals surface area contributed by atoms with E-state index >= 15 is 0 Å². The van der Waals surface area contributed by atoms with Crippen LogP contribution in [-0.4, -0.2) is 48.7 Å². The van der Waals surface area contributed by atoms with Crippen molar-refractivity contribution in [3.63, 3.8) is 0 Å². The van der Waals surface area contributed by atoms with Crippen LogP contribution in [0.15, 0.2) is 12.2 Å². The van der Waals surface area contributed by atoms with Crippen LogP contribution in [0, 0.1) is 11.8 Å². The fourth-order valence-corrected chi connectivity index (χ4v) is 2.47. The number of likely N-dealkylation sites (N-methyl/N-ethyl adjacent to an activating group) is 2. The zero-order valence-corrected chi connectivity index (χ0v) is 13.8. The molecule has 0 aromatic rings.